The first kappa shape index (κ1) is 11.8. The van der Waals surface area contributed by atoms with E-state index in [-0.39, 0.29) is 17.4 Å². The summed E-state index contributed by atoms with van der Waals surface area (Å²) in [5.74, 6) is -0.820. The lowest BCUT2D eigenvalue weighted by Gasteiger charge is -2.15. The smallest absolute Gasteiger partial charge is 0.339 e. The van der Waals surface area contributed by atoms with Crippen molar-refractivity contribution < 1.29 is 14.3 Å². The van der Waals surface area contributed by atoms with Crippen molar-refractivity contribution in [2.45, 2.75) is 32.2 Å². The summed E-state index contributed by atoms with van der Waals surface area (Å²) in [6.07, 6.45) is 4.51. The fourth-order valence-electron chi connectivity index (χ4n) is 1.86. The average Bonchev–Trinajstić information content (AvgIpc) is 3.04. The number of aromatic nitrogens is 1. The van der Waals surface area contributed by atoms with Gasteiger partial charge in [-0.05, 0) is 25.3 Å². The number of halogens is 1. The van der Waals surface area contributed by atoms with Gasteiger partial charge < -0.3 is 10.4 Å². The summed E-state index contributed by atoms with van der Waals surface area (Å²) >= 11 is 0. The van der Waals surface area contributed by atoms with Crippen LogP contribution >= 0.6 is 0 Å². The summed E-state index contributed by atoms with van der Waals surface area (Å²) in [4.78, 5) is 14.7. The molecule has 4 nitrogen and oxygen atoms in total. The first-order valence-electron chi connectivity index (χ1n) is 5.71. The van der Waals surface area contributed by atoms with Gasteiger partial charge in [-0.2, -0.15) is 0 Å². The van der Waals surface area contributed by atoms with Crippen LogP contribution in [-0.2, 0) is 0 Å². The summed E-state index contributed by atoms with van der Waals surface area (Å²) < 4.78 is 12.9. The lowest BCUT2D eigenvalue weighted by atomic mass is 10.1. The third-order valence-electron chi connectivity index (χ3n) is 2.85. The highest BCUT2D eigenvalue weighted by Gasteiger charge is 2.24. The maximum atomic E-state index is 12.9. The molecule has 1 aliphatic rings. The van der Waals surface area contributed by atoms with Crippen LogP contribution in [0, 0.1) is 11.7 Å². The van der Waals surface area contributed by atoms with Gasteiger partial charge in [-0.25, -0.2) is 14.2 Å². The number of carboxylic acids is 1. The van der Waals surface area contributed by atoms with Gasteiger partial charge in [-0.3, -0.25) is 0 Å². The predicted molar refractivity (Wildman–Crippen MR) is 61.6 cm³/mol. The number of carbonyl (C=O) groups is 1. The molecule has 1 aromatic heterocycles. The molecular weight excluding hydrogens is 223 g/mol. The van der Waals surface area contributed by atoms with E-state index in [4.69, 9.17) is 5.11 Å². The molecule has 1 saturated carbocycles. The molecule has 17 heavy (non-hydrogen) atoms. The Bertz CT molecular complexity index is 433. The molecular formula is C12H15FN2O2. The Morgan fingerprint density at radius 3 is 3.00 bits per heavy atom. The molecule has 1 fully saturated rings. The van der Waals surface area contributed by atoms with Crippen molar-refractivity contribution in [3.05, 3.63) is 23.6 Å². The van der Waals surface area contributed by atoms with Crippen LogP contribution in [0.5, 0.6) is 0 Å². The monoisotopic (exact) mass is 238 g/mol. The van der Waals surface area contributed by atoms with Crippen LogP contribution in [0.15, 0.2) is 12.3 Å². The van der Waals surface area contributed by atoms with E-state index in [1.807, 2.05) is 6.92 Å². The summed E-state index contributed by atoms with van der Waals surface area (Å²) in [7, 11) is 0. The van der Waals surface area contributed by atoms with E-state index in [1.165, 1.54) is 12.8 Å². The zero-order valence-electron chi connectivity index (χ0n) is 9.61. The summed E-state index contributed by atoms with van der Waals surface area (Å²) in [6.45, 7) is 1.98. The van der Waals surface area contributed by atoms with Crippen LogP contribution in [0.25, 0.3) is 0 Å². The minimum atomic E-state index is -1.17. The van der Waals surface area contributed by atoms with Gasteiger partial charge in [-0.15, -0.1) is 0 Å². The molecule has 2 N–H and O–H groups in total. The normalized spacial score (nSPS) is 16.6. The maximum absolute atomic E-state index is 12.9. The Balaban J connectivity index is 2.10. The highest BCUT2D eigenvalue weighted by Crippen LogP contribution is 2.34. The standard InChI is InChI=1S/C12H15FN2O2/c1-7(4-8-2-3-8)15-11-10(12(16)17)5-9(13)6-14-11/h5-8H,2-4H2,1H3,(H,14,15)(H,16,17). The highest BCUT2D eigenvalue weighted by atomic mass is 19.1. The second-order valence-corrected chi connectivity index (χ2v) is 4.58. The van der Waals surface area contributed by atoms with Gasteiger partial charge in [0.1, 0.15) is 17.2 Å². The molecule has 92 valence electrons. The van der Waals surface area contributed by atoms with E-state index >= 15 is 0 Å². The van der Waals surface area contributed by atoms with Crippen molar-refractivity contribution in [2.75, 3.05) is 5.32 Å². The van der Waals surface area contributed by atoms with E-state index in [9.17, 15) is 9.18 Å². The molecule has 0 spiro atoms. The lowest BCUT2D eigenvalue weighted by Crippen LogP contribution is -2.19. The van der Waals surface area contributed by atoms with Gasteiger partial charge in [0.2, 0.25) is 0 Å². The number of carboxylic acid groups (broad SMARTS) is 1. The molecule has 1 unspecified atom stereocenters. The summed E-state index contributed by atoms with van der Waals surface area (Å²) in [6, 6.07) is 1.14. The number of aromatic carboxylic acids is 1. The third kappa shape index (κ3) is 3.15. The molecule has 0 bridgehead atoms. The van der Waals surface area contributed by atoms with E-state index in [1.54, 1.807) is 0 Å². The molecule has 1 aliphatic carbocycles. The molecule has 0 aliphatic heterocycles. The van der Waals surface area contributed by atoms with E-state index in [0.717, 1.165) is 24.6 Å². The van der Waals surface area contributed by atoms with Gasteiger partial charge >= 0.3 is 5.97 Å². The van der Waals surface area contributed by atoms with Gasteiger partial charge in [0.05, 0.1) is 6.20 Å². The van der Waals surface area contributed by atoms with E-state index in [2.05, 4.69) is 10.3 Å². The Morgan fingerprint density at radius 2 is 2.41 bits per heavy atom. The average molecular weight is 238 g/mol. The van der Waals surface area contributed by atoms with E-state index in [0.29, 0.717) is 0 Å². The number of hydrogen-bond donors (Lipinski definition) is 2. The van der Waals surface area contributed by atoms with Crippen LogP contribution in [0.3, 0.4) is 0 Å². The van der Waals surface area contributed by atoms with Gasteiger partial charge in [-0.1, -0.05) is 12.8 Å². The van der Waals surface area contributed by atoms with Crippen molar-refractivity contribution in [3.63, 3.8) is 0 Å². The van der Waals surface area contributed by atoms with Crippen molar-refractivity contribution >= 4 is 11.8 Å². The number of pyridine rings is 1. The van der Waals surface area contributed by atoms with Gasteiger partial charge in [0.15, 0.2) is 0 Å². The van der Waals surface area contributed by atoms with Gasteiger partial charge in [0, 0.05) is 6.04 Å². The maximum Gasteiger partial charge on any atom is 0.339 e. The van der Waals surface area contributed by atoms with Crippen LogP contribution < -0.4 is 5.32 Å². The Kier molecular flexibility index (Phi) is 3.26. The zero-order valence-corrected chi connectivity index (χ0v) is 9.61. The molecule has 2 rings (SSSR count). The quantitative estimate of drug-likeness (QED) is 0.827. The first-order chi connectivity index (χ1) is 8.06. The van der Waals surface area contributed by atoms with Crippen LogP contribution in [0.4, 0.5) is 10.2 Å². The van der Waals surface area contributed by atoms with Crippen LogP contribution in [-0.4, -0.2) is 22.1 Å². The second kappa shape index (κ2) is 4.69. The van der Waals surface area contributed by atoms with Crippen LogP contribution in [0.2, 0.25) is 0 Å². The topological polar surface area (TPSA) is 62.2 Å². The Hall–Kier alpha value is -1.65. The SMILES string of the molecule is CC(CC1CC1)Nc1ncc(F)cc1C(=O)O. The number of nitrogens with one attached hydrogen (secondary N) is 1. The molecule has 5 heteroatoms. The lowest BCUT2D eigenvalue weighted by molar-refractivity contribution is 0.0697. The summed E-state index contributed by atoms with van der Waals surface area (Å²) in [5, 5.41) is 12.0. The number of anilines is 1. The van der Waals surface area contributed by atoms with Crippen molar-refractivity contribution in [2.24, 2.45) is 5.92 Å². The van der Waals surface area contributed by atoms with Crippen molar-refractivity contribution in [1.29, 1.82) is 0 Å². The van der Waals surface area contributed by atoms with Crippen LogP contribution in [0.1, 0.15) is 36.5 Å². The molecule has 1 atom stereocenters. The Morgan fingerprint density at radius 1 is 1.71 bits per heavy atom. The highest BCUT2D eigenvalue weighted by molar-refractivity contribution is 5.93. The third-order valence-corrected chi connectivity index (χ3v) is 2.85. The number of nitrogens with zero attached hydrogens (tertiary/aromatic N) is 1. The van der Waals surface area contributed by atoms with E-state index < -0.39 is 11.8 Å². The second-order valence-electron chi connectivity index (χ2n) is 4.58. The molecule has 1 aromatic rings. The number of rotatable bonds is 5. The molecule has 1 heterocycles. The zero-order chi connectivity index (χ0) is 12.4. The van der Waals surface area contributed by atoms with Crippen molar-refractivity contribution in [1.82, 2.24) is 4.98 Å². The summed E-state index contributed by atoms with van der Waals surface area (Å²) in [5.41, 5.74) is -0.118. The number of hydrogen-bond acceptors (Lipinski definition) is 3. The molecule has 0 radical (unpaired) electrons. The fourth-order valence-corrected chi connectivity index (χ4v) is 1.86. The molecule has 0 saturated heterocycles. The van der Waals surface area contributed by atoms with Crippen molar-refractivity contribution in [3.8, 4) is 0 Å². The van der Waals surface area contributed by atoms with Gasteiger partial charge in [0.25, 0.3) is 0 Å². The predicted octanol–water partition coefficient (Wildman–Crippen LogP) is 2.52. The molecule has 0 amide bonds. The fraction of sp³-hybridized carbons (Fsp3) is 0.500. The first-order valence-corrected chi connectivity index (χ1v) is 5.71. The minimum absolute atomic E-state index is 0.118. The molecule has 0 aromatic carbocycles. The largest absolute Gasteiger partial charge is 0.478 e. The minimum Gasteiger partial charge on any atom is -0.478 e. The Labute approximate surface area is 98.9 Å².